The van der Waals surface area contributed by atoms with Crippen molar-refractivity contribution in [2.75, 3.05) is 0 Å². The van der Waals surface area contributed by atoms with Gasteiger partial charge in [0.2, 0.25) is 0 Å². The van der Waals surface area contributed by atoms with Gasteiger partial charge in [-0.15, -0.1) is 0 Å². The fraction of sp³-hybridized carbons (Fsp3) is 0.571. The van der Waals surface area contributed by atoms with Crippen LogP contribution in [-0.2, 0) is 9.53 Å². The van der Waals surface area contributed by atoms with Crippen molar-refractivity contribution in [3.63, 3.8) is 0 Å². The van der Waals surface area contributed by atoms with Gasteiger partial charge in [0, 0.05) is 6.08 Å². The molecular formula is C7H10O2. The maximum atomic E-state index is 10.6. The fourth-order valence-corrected chi connectivity index (χ4v) is 0.807. The molecule has 1 unspecified atom stereocenters. The van der Waals surface area contributed by atoms with Gasteiger partial charge in [-0.05, 0) is 19.8 Å². The Morgan fingerprint density at radius 2 is 2.56 bits per heavy atom. The third kappa shape index (κ3) is 1.88. The zero-order chi connectivity index (χ0) is 6.69. The summed E-state index contributed by atoms with van der Waals surface area (Å²) < 4.78 is 4.89. The van der Waals surface area contributed by atoms with E-state index in [1.165, 1.54) is 6.08 Å². The van der Waals surface area contributed by atoms with E-state index in [1.54, 1.807) is 0 Å². The molecule has 0 saturated heterocycles. The molecule has 0 N–H and O–H groups in total. The van der Waals surface area contributed by atoms with Crippen molar-refractivity contribution in [2.45, 2.75) is 25.9 Å². The largest absolute Gasteiger partial charge is 0.460 e. The summed E-state index contributed by atoms with van der Waals surface area (Å²) in [7, 11) is 0. The minimum atomic E-state index is -0.208. The topological polar surface area (TPSA) is 26.3 Å². The van der Waals surface area contributed by atoms with Crippen molar-refractivity contribution in [3.8, 4) is 0 Å². The molecule has 0 aromatic rings. The van der Waals surface area contributed by atoms with Crippen LogP contribution in [0.4, 0.5) is 0 Å². The Bertz CT molecular complexity index is 138. The van der Waals surface area contributed by atoms with E-state index in [9.17, 15) is 4.79 Å². The van der Waals surface area contributed by atoms with Gasteiger partial charge in [-0.3, -0.25) is 0 Å². The number of hydrogen-bond donors (Lipinski definition) is 0. The van der Waals surface area contributed by atoms with E-state index in [0.29, 0.717) is 0 Å². The number of rotatable bonds is 0. The molecule has 1 aliphatic heterocycles. The summed E-state index contributed by atoms with van der Waals surface area (Å²) >= 11 is 0. The molecule has 0 radical (unpaired) electrons. The highest BCUT2D eigenvalue weighted by molar-refractivity contribution is 5.82. The number of carbonyl (C=O) groups excluding carboxylic acids is 1. The van der Waals surface area contributed by atoms with Crippen LogP contribution in [0.5, 0.6) is 0 Å². The van der Waals surface area contributed by atoms with Gasteiger partial charge in [0.1, 0.15) is 0 Å². The van der Waals surface area contributed by atoms with Crippen LogP contribution in [0.2, 0.25) is 0 Å². The van der Waals surface area contributed by atoms with E-state index >= 15 is 0 Å². The summed E-state index contributed by atoms with van der Waals surface area (Å²) in [5.41, 5.74) is 0. The molecule has 1 rings (SSSR count). The molecule has 0 saturated carbocycles. The lowest BCUT2D eigenvalue weighted by atomic mass is 10.2. The summed E-state index contributed by atoms with van der Waals surface area (Å²) in [5, 5.41) is 0. The quantitative estimate of drug-likeness (QED) is 0.457. The van der Waals surface area contributed by atoms with Crippen molar-refractivity contribution in [3.05, 3.63) is 12.2 Å². The molecule has 2 heteroatoms. The molecule has 0 aliphatic carbocycles. The molecule has 1 heterocycles. The first kappa shape index (κ1) is 6.33. The average Bonchev–Trinajstić information content (AvgIpc) is 1.93. The molecule has 9 heavy (non-hydrogen) atoms. The third-order valence-corrected chi connectivity index (χ3v) is 1.31. The first-order valence-electron chi connectivity index (χ1n) is 3.16. The lowest BCUT2D eigenvalue weighted by molar-refractivity contribution is -0.141. The smallest absolute Gasteiger partial charge is 0.330 e. The summed E-state index contributed by atoms with van der Waals surface area (Å²) in [6.45, 7) is 1.91. The molecule has 0 aromatic carbocycles. The van der Waals surface area contributed by atoms with Gasteiger partial charge in [0.25, 0.3) is 0 Å². The second-order valence-corrected chi connectivity index (χ2v) is 2.23. The highest BCUT2D eigenvalue weighted by Gasteiger charge is 2.08. The minimum Gasteiger partial charge on any atom is -0.460 e. The van der Waals surface area contributed by atoms with E-state index in [2.05, 4.69) is 0 Å². The summed E-state index contributed by atoms with van der Waals surface area (Å²) in [5.74, 6) is -0.208. The van der Waals surface area contributed by atoms with Crippen LogP contribution < -0.4 is 0 Å². The van der Waals surface area contributed by atoms with Crippen LogP contribution in [0.3, 0.4) is 0 Å². The minimum absolute atomic E-state index is 0.0903. The second kappa shape index (κ2) is 2.67. The number of ether oxygens (including phenoxy) is 1. The number of allylic oxidation sites excluding steroid dienone is 1. The Kier molecular flexibility index (Phi) is 1.88. The predicted octanol–water partition coefficient (Wildman–Crippen LogP) is 1.27. The SMILES string of the molecule is CC1CCC=CC(=O)O1. The van der Waals surface area contributed by atoms with E-state index < -0.39 is 0 Å². The van der Waals surface area contributed by atoms with E-state index in [-0.39, 0.29) is 12.1 Å². The first-order chi connectivity index (χ1) is 4.29. The Morgan fingerprint density at radius 1 is 1.78 bits per heavy atom. The van der Waals surface area contributed by atoms with Gasteiger partial charge in [0.05, 0.1) is 6.10 Å². The van der Waals surface area contributed by atoms with E-state index in [0.717, 1.165) is 12.8 Å². The maximum Gasteiger partial charge on any atom is 0.330 e. The fourth-order valence-electron chi connectivity index (χ4n) is 0.807. The Labute approximate surface area is 54.5 Å². The molecule has 0 amide bonds. The molecular weight excluding hydrogens is 116 g/mol. The van der Waals surface area contributed by atoms with Crippen molar-refractivity contribution < 1.29 is 9.53 Å². The molecule has 2 nitrogen and oxygen atoms in total. The monoisotopic (exact) mass is 126 g/mol. The van der Waals surface area contributed by atoms with E-state index in [4.69, 9.17) is 4.74 Å². The van der Waals surface area contributed by atoms with Crippen LogP contribution in [0.25, 0.3) is 0 Å². The number of cyclic esters (lactones) is 1. The van der Waals surface area contributed by atoms with Gasteiger partial charge in [0.15, 0.2) is 0 Å². The third-order valence-electron chi connectivity index (χ3n) is 1.31. The Morgan fingerprint density at radius 3 is 3.33 bits per heavy atom. The lowest BCUT2D eigenvalue weighted by Gasteiger charge is -2.06. The number of carbonyl (C=O) groups is 1. The zero-order valence-electron chi connectivity index (χ0n) is 5.46. The molecule has 50 valence electrons. The van der Waals surface area contributed by atoms with Crippen molar-refractivity contribution in [1.82, 2.24) is 0 Å². The standard InChI is InChI=1S/C7H10O2/c1-6-4-2-3-5-7(8)9-6/h3,5-6H,2,4H2,1H3. The predicted molar refractivity (Wildman–Crippen MR) is 33.9 cm³/mol. The number of hydrogen-bond acceptors (Lipinski definition) is 2. The van der Waals surface area contributed by atoms with Crippen molar-refractivity contribution >= 4 is 5.97 Å². The zero-order valence-corrected chi connectivity index (χ0v) is 5.46. The van der Waals surface area contributed by atoms with Gasteiger partial charge in [-0.2, -0.15) is 0 Å². The summed E-state index contributed by atoms with van der Waals surface area (Å²) in [6.07, 6.45) is 5.33. The van der Waals surface area contributed by atoms with Crippen LogP contribution in [0.1, 0.15) is 19.8 Å². The number of esters is 1. The van der Waals surface area contributed by atoms with Crippen LogP contribution in [0, 0.1) is 0 Å². The van der Waals surface area contributed by atoms with Crippen LogP contribution in [0.15, 0.2) is 12.2 Å². The molecule has 0 bridgehead atoms. The maximum absolute atomic E-state index is 10.6. The normalized spacial score (nSPS) is 27.2. The molecule has 0 spiro atoms. The molecule has 1 aliphatic rings. The highest BCUT2D eigenvalue weighted by atomic mass is 16.5. The lowest BCUT2D eigenvalue weighted by Crippen LogP contribution is -2.09. The molecule has 0 aromatic heterocycles. The van der Waals surface area contributed by atoms with Gasteiger partial charge >= 0.3 is 5.97 Å². The average molecular weight is 126 g/mol. The van der Waals surface area contributed by atoms with Gasteiger partial charge < -0.3 is 4.74 Å². The first-order valence-corrected chi connectivity index (χ1v) is 3.16. The Hall–Kier alpha value is -0.790. The van der Waals surface area contributed by atoms with Crippen LogP contribution in [-0.4, -0.2) is 12.1 Å². The Balaban J connectivity index is 2.50. The molecule has 1 atom stereocenters. The van der Waals surface area contributed by atoms with E-state index in [1.807, 2.05) is 13.0 Å². The molecule has 0 fully saturated rings. The van der Waals surface area contributed by atoms with Gasteiger partial charge in [-0.25, -0.2) is 4.79 Å². The van der Waals surface area contributed by atoms with Crippen LogP contribution >= 0.6 is 0 Å². The second-order valence-electron chi connectivity index (χ2n) is 2.23. The van der Waals surface area contributed by atoms with Crippen molar-refractivity contribution in [2.24, 2.45) is 0 Å². The highest BCUT2D eigenvalue weighted by Crippen LogP contribution is 2.06. The summed E-state index contributed by atoms with van der Waals surface area (Å²) in [4.78, 5) is 10.6. The van der Waals surface area contributed by atoms with Gasteiger partial charge in [-0.1, -0.05) is 6.08 Å². The summed E-state index contributed by atoms with van der Waals surface area (Å²) in [6, 6.07) is 0. The van der Waals surface area contributed by atoms with Crippen molar-refractivity contribution in [1.29, 1.82) is 0 Å².